The Hall–Kier alpha value is -3.31. The van der Waals surface area contributed by atoms with Crippen LogP contribution in [0.3, 0.4) is 0 Å². The lowest BCUT2D eigenvalue weighted by Gasteiger charge is -2.24. The van der Waals surface area contributed by atoms with Gasteiger partial charge in [-0.3, -0.25) is 9.69 Å². The Morgan fingerprint density at radius 1 is 0.897 bits per heavy atom. The van der Waals surface area contributed by atoms with Crippen LogP contribution in [0.5, 0.6) is 17.2 Å². The fourth-order valence-electron chi connectivity index (χ4n) is 3.49. The molecular formula is C24H23NO4. The molecule has 0 spiro atoms. The molecule has 0 fully saturated rings. The van der Waals surface area contributed by atoms with Crippen LogP contribution in [0.15, 0.2) is 66.7 Å². The molecule has 1 aliphatic heterocycles. The molecule has 3 aromatic carbocycles. The van der Waals surface area contributed by atoms with E-state index in [-0.39, 0.29) is 6.79 Å². The number of carbonyl (C=O) groups excluding carboxylic acids is 1. The van der Waals surface area contributed by atoms with Gasteiger partial charge in [-0.1, -0.05) is 42.5 Å². The van der Waals surface area contributed by atoms with E-state index in [1.54, 1.807) is 13.2 Å². The normalized spacial score (nSPS) is 12.2. The average Bonchev–Trinajstić information content (AvgIpc) is 3.21. The fraction of sp³-hybridized carbons (Fsp3) is 0.208. The number of carbonyl (C=O) groups is 1. The molecule has 4 rings (SSSR count). The Labute approximate surface area is 170 Å². The summed E-state index contributed by atoms with van der Waals surface area (Å²) in [5.74, 6) is 2.15. The van der Waals surface area contributed by atoms with Crippen LogP contribution in [0.1, 0.15) is 27.0 Å². The average molecular weight is 389 g/mol. The fourth-order valence-corrected chi connectivity index (χ4v) is 3.49. The zero-order valence-corrected chi connectivity index (χ0v) is 16.3. The molecule has 0 saturated carbocycles. The minimum Gasteiger partial charge on any atom is -0.497 e. The summed E-state index contributed by atoms with van der Waals surface area (Å²) in [7, 11) is 1.66. The minimum atomic E-state index is 0.191. The van der Waals surface area contributed by atoms with Crippen LogP contribution >= 0.6 is 0 Å². The summed E-state index contributed by atoms with van der Waals surface area (Å²) >= 11 is 0. The largest absolute Gasteiger partial charge is 0.497 e. The molecule has 148 valence electrons. The van der Waals surface area contributed by atoms with E-state index in [1.807, 2.05) is 36.4 Å². The van der Waals surface area contributed by atoms with Crippen LogP contribution in [0.4, 0.5) is 0 Å². The monoisotopic (exact) mass is 389 g/mol. The number of hydrogen-bond acceptors (Lipinski definition) is 5. The van der Waals surface area contributed by atoms with Crippen molar-refractivity contribution in [2.75, 3.05) is 13.9 Å². The highest BCUT2D eigenvalue weighted by Gasteiger charge is 2.19. The maximum Gasteiger partial charge on any atom is 0.231 e. The predicted molar refractivity (Wildman–Crippen MR) is 110 cm³/mol. The van der Waals surface area contributed by atoms with Crippen molar-refractivity contribution >= 4 is 6.29 Å². The Bertz CT molecular complexity index is 970. The first kappa shape index (κ1) is 19.0. The van der Waals surface area contributed by atoms with Crippen molar-refractivity contribution in [3.05, 3.63) is 89.0 Å². The van der Waals surface area contributed by atoms with Crippen molar-refractivity contribution in [2.24, 2.45) is 0 Å². The summed E-state index contributed by atoms with van der Waals surface area (Å²) in [4.78, 5) is 14.0. The van der Waals surface area contributed by atoms with Gasteiger partial charge in [-0.05, 0) is 41.0 Å². The molecular weight excluding hydrogens is 366 g/mol. The summed E-state index contributed by atoms with van der Waals surface area (Å²) in [6.07, 6.45) is 0.880. The summed E-state index contributed by atoms with van der Waals surface area (Å²) in [5.41, 5.74) is 3.94. The summed E-state index contributed by atoms with van der Waals surface area (Å²) in [6, 6.07) is 22.1. The maximum absolute atomic E-state index is 11.7. The lowest BCUT2D eigenvalue weighted by atomic mass is 10.1. The molecule has 0 atom stereocenters. The van der Waals surface area contributed by atoms with Crippen LogP contribution in [0, 0.1) is 0 Å². The molecule has 0 N–H and O–H groups in total. The lowest BCUT2D eigenvalue weighted by Crippen LogP contribution is -2.23. The third-order valence-corrected chi connectivity index (χ3v) is 4.97. The van der Waals surface area contributed by atoms with E-state index in [1.165, 1.54) is 11.1 Å². The number of fused-ring (bicyclic) bond motifs is 1. The van der Waals surface area contributed by atoms with Crippen LogP contribution in [-0.2, 0) is 19.6 Å². The zero-order valence-electron chi connectivity index (χ0n) is 16.3. The van der Waals surface area contributed by atoms with Gasteiger partial charge in [0.15, 0.2) is 17.8 Å². The van der Waals surface area contributed by atoms with Crippen molar-refractivity contribution < 1.29 is 19.0 Å². The molecule has 1 aliphatic rings. The van der Waals surface area contributed by atoms with Gasteiger partial charge in [0.05, 0.1) is 7.11 Å². The molecule has 29 heavy (non-hydrogen) atoms. The lowest BCUT2D eigenvalue weighted by molar-refractivity contribution is 0.112. The first-order valence-electron chi connectivity index (χ1n) is 9.52. The van der Waals surface area contributed by atoms with Gasteiger partial charge in [-0.2, -0.15) is 0 Å². The summed E-state index contributed by atoms with van der Waals surface area (Å²) < 4.78 is 16.2. The van der Waals surface area contributed by atoms with Gasteiger partial charge < -0.3 is 14.2 Å². The highest BCUT2D eigenvalue weighted by Crippen LogP contribution is 2.35. The second-order valence-corrected chi connectivity index (χ2v) is 7.00. The second kappa shape index (κ2) is 8.80. The number of nitrogens with zero attached hydrogens (tertiary/aromatic N) is 1. The van der Waals surface area contributed by atoms with Crippen molar-refractivity contribution in [2.45, 2.75) is 19.6 Å². The van der Waals surface area contributed by atoms with Crippen LogP contribution < -0.4 is 14.2 Å². The molecule has 0 aromatic heterocycles. The van der Waals surface area contributed by atoms with Gasteiger partial charge in [0, 0.05) is 25.2 Å². The molecule has 5 heteroatoms. The van der Waals surface area contributed by atoms with Gasteiger partial charge in [0.2, 0.25) is 6.79 Å². The van der Waals surface area contributed by atoms with Crippen LogP contribution in [0.2, 0.25) is 0 Å². The van der Waals surface area contributed by atoms with Crippen molar-refractivity contribution in [3.8, 4) is 17.2 Å². The van der Waals surface area contributed by atoms with E-state index in [0.717, 1.165) is 30.7 Å². The number of ether oxygens (including phenoxy) is 3. The Balaban J connectivity index is 1.60. The first-order valence-corrected chi connectivity index (χ1v) is 9.52. The Morgan fingerprint density at radius 3 is 2.21 bits per heavy atom. The first-order chi connectivity index (χ1) is 14.2. The van der Waals surface area contributed by atoms with Crippen molar-refractivity contribution in [3.63, 3.8) is 0 Å². The van der Waals surface area contributed by atoms with E-state index in [2.05, 4.69) is 29.2 Å². The molecule has 0 radical (unpaired) electrons. The number of hydrogen-bond donors (Lipinski definition) is 0. The Morgan fingerprint density at radius 2 is 1.55 bits per heavy atom. The van der Waals surface area contributed by atoms with Gasteiger partial charge in [0.25, 0.3) is 0 Å². The molecule has 0 bridgehead atoms. The topological polar surface area (TPSA) is 48.0 Å². The van der Waals surface area contributed by atoms with Crippen LogP contribution in [0.25, 0.3) is 0 Å². The number of benzene rings is 3. The van der Waals surface area contributed by atoms with E-state index >= 15 is 0 Å². The van der Waals surface area contributed by atoms with E-state index in [9.17, 15) is 4.79 Å². The van der Waals surface area contributed by atoms with Gasteiger partial charge in [-0.15, -0.1) is 0 Å². The SMILES string of the molecule is COc1ccc(CN(Cc2ccccc2)Cc2cc3c(cc2C=O)OCO3)cc1. The third-order valence-electron chi connectivity index (χ3n) is 4.97. The number of rotatable bonds is 8. The van der Waals surface area contributed by atoms with Gasteiger partial charge >= 0.3 is 0 Å². The molecule has 5 nitrogen and oxygen atoms in total. The highest BCUT2D eigenvalue weighted by molar-refractivity contribution is 5.79. The summed E-state index contributed by atoms with van der Waals surface area (Å²) in [5, 5.41) is 0. The molecule has 0 amide bonds. The molecule has 1 heterocycles. The van der Waals surface area contributed by atoms with Gasteiger partial charge in [-0.25, -0.2) is 0 Å². The maximum atomic E-state index is 11.7. The second-order valence-electron chi connectivity index (χ2n) is 7.00. The van der Waals surface area contributed by atoms with Crippen LogP contribution in [-0.4, -0.2) is 25.1 Å². The summed E-state index contributed by atoms with van der Waals surface area (Å²) in [6.45, 7) is 2.31. The molecule has 0 saturated heterocycles. The van der Waals surface area contributed by atoms with E-state index < -0.39 is 0 Å². The molecule has 0 unspecified atom stereocenters. The zero-order chi connectivity index (χ0) is 20.1. The minimum absolute atomic E-state index is 0.191. The molecule has 0 aliphatic carbocycles. The Kier molecular flexibility index (Phi) is 5.77. The predicted octanol–water partition coefficient (Wildman–Crippen LogP) is 4.44. The van der Waals surface area contributed by atoms with Gasteiger partial charge in [0.1, 0.15) is 5.75 Å². The molecule has 3 aromatic rings. The van der Waals surface area contributed by atoms with Crippen molar-refractivity contribution in [1.82, 2.24) is 4.90 Å². The smallest absolute Gasteiger partial charge is 0.231 e. The van der Waals surface area contributed by atoms with E-state index in [4.69, 9.17) is 14.2 Å². The highest BCUT2D eigenvalue weighted by atomic mass is 16.7. The standard InChI is InChI=1S/C24H23NO4/c1-27-22-9-7-19(8-10-22)14-25(13-18-5-3-2-4-6-18)15-20-11-23-24(29-17-28-23)12-21(20)16-26/h2-12,16H,13-15,17H2,1H3. The third kappa shape index (κ3) is 4.58. The number of methoxy groups -OCH3 is 1. The quantitative estimate of drug-likeness (QED) is 0.533. The van der Waals surface area contributed by atoms with E-state index in [0.29, 0.717) is 23.6 Å². The number of aldehydes is 1. The van der Waals surface area contributed by atoms with Crippen molar-refractivity contribution in [1.29, 1.82) is 0 Å².